The molecule has 29 heavy (non-hydrogen) atoms. The van der Waals surface area contributed by atoms with Crippen LogP contribution in [0.3, 0.4) is 0 Å². The number of aliphatic imine (C=N–C) groups is 1. The highest BCUT2D eigenvalue weighted by molar-refractivity contribution is 5.76. The monoisotopic (exact) mass is 389 g/mol. The van der Waals surface area contributed by atoms with Crippen LogP contribution in [0.15, 0.2) is 77.7 Å². The Kier molecular flexibility index (Phi) is 4.31. The third kappa shape index (κ3) is 3.16. The fourth-order valence-electron chi connectivity index (χ4n) is 3.75. The van der Waals surface area contributed by atoms with Crippen LogP contribution in [0.1, 0.15) is 34.6 Å². The van der Waals surface area contributed by atoms with Gasteiger partial charge in [-0.2, -0.15) is 0 Å². The van der Waals surface area contributed by atoms with Gasteiger partial charge in [0.25, 0.3) is 0 Å². The average molecular weight is 389 g/mol. The summed E-state index contributed by atoms with van der Waals surface area (Å²) in [5, 5.41) is 0. The van der Waals surface area contributed by atoms with Gasteiger partial charge in [0.15, 0.2) is 12.0 Å². The number of aromatic nitrogens is 1. The highest BCUT2D eigenvalue weighted by atomic mass is 19.1. The molecule has 0 saturated heterocycles. The zero-order valence-corrected chi connectivity index (χ0v) is 15.4. The van der Waals surface area contributed by atoms with Crippen molar-refractivity contribution in [2.75, 3.05) is 0 Å². The maximum atomic E-state index is 14.5. The normalized spacial score (nSPS) is 19.5. The summed E-state index contributed by atoms with van der Waals surface area (Å²) in [7, 11) is 0. The number of rotatable bonds is 4. The quantitative estimate of drug-likeness (QED) is 0.629. The van der Waals surface area contributed by atoms with Crippen LogP contribution < -0.4 is 0 Å². The number of ether oxygens (including phenoxy) is 1. The van der Waals surface area contributed by atoms with Gasteiger partial charge in [0.05, 0.1) is 11.7 Å². The molecule has 0 aliphatic carbocycles. The molecule has 2 aliphatic heterocycles. The van der Waals surface area contributed by atoms with Crippen LogP contribution in [0.4, 0.5) is 8.78 Å². The van der Waals surface area contributed by atoms with Crippen molar-refractivity contribution in [2.45, 2.75) is 18.8 Å². The van der Waals surface area contributed by atoms with E-state index in [0.29, 0.717) is 11.4 Å². The molecule has 144 valence electrons. The summed E-state index contributed by atoms with van der Waals surface area (Å²) >= 11 is 0. The van der Waals surface area contributed by atoms with E-state index in [0.717, 1.165) is 22.9 Å². The van der Waals surface area contributed by atoms with E-state index in [2.05, 4.69) is 9.98 Å². The van der Waals surface area contributed by atoms with Gasteiger partial charge in [0.2, 0.25) is 0 Å². The molecule has 6 heteroatoms. The SMILES string of the molecule is Fc1ccc(C2N=CC3c4ccccc4C=C(OCc4ccccn4)N32)c(F)c1. The number of halogens is 2. The van der Waals surface area contributed by atoms with Crippen LogP contribution >= 0.6 is 0 Å². The van der Waals surface area contributed by atoms with E-state index in [4.69, 9.17) is 4.74 Å². The van der Waals surface area contributed by atoms with Crippen molar-refractivity contribution >= 4 is 12.3 Å². The lowest BCUT2D eigenvalue weighted by Gasteiger charge is -2.36. The summed E-state index contributed by atoms with van der Waals surface area (Å²) in [6.07, 6.45) is 4.80. The topological polar surface area (TPSA) is 37.7 Å². The largest absolute Gasteiger partial charge is 0.472 e. The molecule has 1 aromatic heterocycles. The van der Waals surface area contributed by atoms with Gasteiger partial charge in [-0.05, 0) is 35.4 Å². The molecule has 2 aromatic carbocycles. The Bertz CT molecular complexity index is 1110. The maximum Gasteiger partial charge on any atom is 0.193 e. The lowest BCUT2D eigenvalue weighted by Crippen LogP contribution is -2.32. The first-order chi connectivity index (χ1) is 14.2. The summed E-state index contributed by atoms with van der Waals surface area (Å²) in [6.45, 7) is 0.274. The molecule has 0 saturated carbocycles. The smallest absolute Gasteiger partial charge is 0.193 e. The van der Waals surface area contributed by atoms with Crippen molar-refractivity contribution in [3.8, 4) is 0 Å². The number of nitrogens with zero attached hydrogens (tertiary/aromatic N) is 3. The molecule has 0 radical (unpaired) electrons. The predicted molar refractivity (Wildman–Crippen MR) is 106 cm³/mol. The molecule has 5 rings (SSSR count). The highest BCUT2D eigenvalue weighted by Crippen LogP contribution is 2.44. The summed E-state index contributed by atoms with van der Waals surface area (Å²) in [5.74, 6) is -0.669. The summed E-state index contributed by atoms with van der Waals surface area (Å²) in [6, 6.07) is 17.0. The molecular formula is C23H17F2N3O. The second-order valence-corrected chi connectivity index (χ2v) is 6.91. The first kappa shape index (κ1) is 17.6. The fraction of sp³-hybridized carbons (Fsp3) is 0.130. The Balaban J connectivity index is 1.53. The van der Waals surface area contributed by atoms with Crippen molar-refractivity contribution in [1.29, 1.82) is 0 Å². The van der Waals surface area contributed by atoms with E-state index in [9.17, 15) is 8.78 Å². The molecule has 0 N–H and O–H groups in total. The van der Waals surface area contributed by atoms with Crippen molar-refractivity contribution < 1.29 is 13.5 Å². The average Bonchev–Trinajstić information content (AvgIpc) is 3.18. The maximum absolute atomic E-state index is 14.5. The molecule has 3 heterocycles. The Labute approximate surface area is 166 Å². The number of benzene rings is 2. The summed E-state index contributed by atoms with van der Waals surface area (Å²) in [4.78, 5) is 10.8. The van der Waals surface area contributed by atoms with E-state index in [1.54, 1.807) is 12.4 Å². The van der Waals surface area contributed by atoms with Crippen molar-refractivity contribution in [1.82, 2.24) is 9.88 Å². The minimum absolute atomic E-state index is 0.190. The molecule has 0 bridgehead atoms. The zero-order valence-electron chi connectivity index (χ0n) is 15.4. The van der Waals surface area contributed by atoms with Gasteiger partial charge >= 0.3 is 0 Å². The van der Waals surface area contributed by atoms with Gasteiger partial charge in [0.1, 0.15) is 18.2 Å². The molecule has 2 unspecified atom stereocenters. The van der Waals surface area contributed by atoms with E-state index in [1.807, 2.05) is 53.4 Å². The van der Waals surface area contributed by atoms with Crippen molar-refractivity contribution in [2.24, 2.45) is 4.99 Å². The molecule has 4 nitrogen and oxygen atoms in total. The van der Waals surface area contributed by atoms with Crippen molar-refractivity contribution in [3.05, 3.63) is 107 Å². The van der Waals surface area contributed by atoms with Crippen LogP contribution in [-0.4, -0.2) is 16.1 Å². The molecule has 0 spiro atoms. The standard InChI is InChI=1S/C23H17F2N3O/c24-16-8-9-19(20(25)12-16)23-27-13-21-18-7-2-1-5-15(18)11-22(28(21)23)29-14-17-6-3-4-10-26-17/h1-13,21,23H,14H2. The van der Waals surface area contributed by atoms with E-state index >= 15 is 0 Å². The summed E-state index contributed by atoms with van der Waals surface area (Å²) < 4.78 is 34.0. The molecule has 0 amide bonds. The van der Waals surface area contributed by atoms with Crippen LogP contribution in [0.5, 0.6) is 0 Å². The lowest BCUT2D eigenvalue weighted by molar-refractivity contribution is 0.0729. The molecule has 2 atom stereocenters. The second kappa shape index (κ2) is 7.13. The van der Waals surface area contributed by atoms with Crippen LogP contribution in [0, 0.1) is 11.6 Å². The van der Waals surface area contributed by atoms with Crippen molar-refractivity contribution in [3.63, 3.8) is 0 Å². The van der Waals surface area contributed by atoms with Gasteiger partial charge in [-0.15, -0.1) is 0 Å². The first-order valence-corrected chi connectivity index (χ1v) is 9.30. The van der Waals surface area contributed by atoms with Gasteiger partial charge in [0, 0.05) is 30.1 Å². The Morgan fingerprint density at radius 2 is 1.83 bits per heavy atom. The number of hydrogen-bond acceptors (Lipinski definition) is 4. The molecule has 0 fully saturated rings. The van der Waals surface area contributed by atoms with E-state index in [-0.39, 0.29) is 12.6 Å². The van der Waals surface area contributed by atoms with E-state index in [1.165, 1.54) is 12.1 Å². The second-order valence-electron chi connectivity index (χ2n) is 6.91. The highest BCUT2D eigenvalue weighted by Gasteiger charge is 2.39. The van der Waals surface area contributed by atoms with Crippen LogP contribution in [0.2, 0.25) is 0 Å². The predicted octanol–water partition coefficient (Wildman–Crippen LogP) is 5.01. The molecule has 2 aliphatic rings. The molecular weight excluding hydrogens is 372 g/mol. The summed E-state index contributed by atoms with van der Waals surface area (Å²) in [5.41, 5.74) is 3.17. The van der Waals surface area contributed by atoms with Crippen LogP contribution in [-0.2, 0) is 11.3 Å². The molecule has 3 aromatic rings. The minimum Gasteiger partial charge on any atom is -0.472 e. The van der Waals surface area contributed by atoms with Gasteiger partial charge in [-0.1, -0.05) is 30.3 Å². The minimum atomic E-state index is -0.635. The number of hydrogen-bond donors (Lipinski definition) is 0. The fourth-order valence-corrected chi connectivity index (χ4v) is 3.75. The lowest BCUT2D eigenvalue weighted by atomic mass is 9.96. The Morgan fingerprint density at radius 3 is 2.66 bits per heavy atom. The van der Waals surface area contributed by atoms with Gasteiger partial charge < -0.3 is 9.64 Å². The Morgan fingerprint density at radius 1 is 0.966 bits per heavy atom. The van der Waals surface area contributed by atoms with Crippen LogP contribution in [0.25, 0.3) is 6.08 Å². The van der Waals surface area contributed by atoms with Gasteiger partial charge in [-0.25, -0.2) is 8.78 Å². The van der Waals surface area contributed by atoms with E-state index < -0.39 is 17.8 Å². The Hall–Kier alpha value is -3.54. The third-order valence-corrected chi connectivity index (χ3v) is 5.11. The van der Waals surface area contributed by atoms with Gasteiger partial charge in [-0.3, -0.25) is 9.98 Å². The first-order valence-electron chi connectivity index (χ1n) is 9.30. The number of fused-ring (bicyclic) bond motifs is 3. The third-order valence-electron chi connectivity index (χ3n) is 5.11. The zero-order chi connectivity index (χ0) is 19.8. The number of pyridine rings is 1.